The second kappa shape index (κ2) is 15.9. The zero-order chi connectivity index (χ0) is 41.5. The molecule has 3 heteroatoms. The van der Waals surface area contributed by atoms with E-state index < -0.39 is 0 Å². The number of nitriles is 1. The van der Waals surface area contributed by atoms with Gasteiger partial charge in [0.2, 0.25) is 0 Å². The van der Waals surface area contributed by atoms with E-state index in [1.54, 1.807) is 0 Å². The van der Waals surface area contributed by atoms with Gasteiger partial charge < -0.3 is 0 Å². The Labute approximate surface area is 364 Å². The average Bonchev–Trinajstić information content (AvgIpc) is 3.62. The Morgan fingerprint density at radius 2 is 0.968 bits per heavy atom. The van der Waals surface area contributed by atoms with Crippen LogP contribution in [0.5, 0.6) is 0 Å². The molecule has 8 aromatic rings. The van der Waals surface area contributed by atoms with Crippen molar-refractivity contribution in [2.75, 3.05) is 0 Å². The van der Waals surface area contributed by atoms with Crippen molar-refractivity contribution in [3.63, 3.8) is 0 Å². The zero-order valence-electron chi connectivity index (χ0n) is 34.7. The third kappa shape index (κ3) is 6.79. The molecule has 3 nitrogen and oxygen atoms in total. The Hall–Kier alpha value is -7.41. The molecule has 1 heterocycles. The monoisotopic (exact) mass is 795 g/mol. The van der Waals surface area contributed by atoms with Crippen LogP contribution in [0.15, 0.2) is 194 Å². The van der Waals surface area contributed by atoms with E-state index in [0.717, 1.165) is 52.0 Å². The number of hydrogen-bond donors (Lipinski definition) is 0. The Balaban J connectivity index is 0.882. The molecular weight excluding hydrogens is 751 g/mol. The predicted molar refractivity (Wildman–Crippen MR) is 255 cm³/mol. The molecular formula is C59H45N3. The predicted octanol–water partition coefficient (Wildman–Crippen LogP) is 15.2. The van der Waals surface area contributed by atoms with Gasteiger partial charge in [-0.1, -0.05) is 183 Å². The second-order valence-corrected chi connectivity index (χ2v) is 17.0. The summed E-state index contributed by atoms with van der Waals surface area (Å²) in [6, 6.07) is 67.2. The summed E-state index contributed by atoms with van der Waals surface area (Å²) < 4.78 is 0. The maximum absolute atomic E-state index is 9.83. The van der Waals surface area contributed by atoms with Crippen LogP contribution in [0.1, 0.15) is 67.2 Å². The first kappa shape index (κ1) is 37.6. The van der Waals surface area contributed by atoms with Gasteiger partial charge in [-0.05, 0) is 117 Å². The molecule has 3 aliphatic carbocycles. The molecule has 62 heavy (non-hydrogen) atoms. The summed E-state index contributed by atoms with van der Waals surface area (Å²) in [5, 5.41) is 9.83. The molecule has 0 unspecified atom stereocenters. The summed E-state index contributed by atoms with van der Waals surface area (Å²) in [6.07, 6.45) is 10.8. The van der Waals surface area contributed by atoms with Crippen LogP contribution in [0.25, 0.3) is 78.4 Å². The van der Waals surface area contributed by atoms with E-state index in [1.807, 2.05) is 30.3 Å². The van der Waals surface area contributed by atoms with Crippen LogP contribution in [-0.4, -0.2) is 9.97 Å². The van der Waals surface area contributed by atoms with Crippen molar-refractivity contribution < 1.29 is 0 Å². The molecule has 1 fully saturated rings. The van der Waals surface area contributed by atoms with E-state index in [-0.39, 0.29) is 5.41 Å². The van der Waals surface area contributed by atoms with Gasteiger partial charge in [-0.25, -0.2) is 9.97 Å². The van der Waals surface area contributed by atoms with Crippen LogP contribution in [-0.2, 0) is 5.41 Å². The van der Waals surface area contributed by atoms with Crippen LogP contribution >= 0.6 is 0 Å². The van der Waals surface area contributed by atoms with Crippen molar-refractivity contribution in [3.8, 4) is 73.4 Å². The minimum atomic E-state index is 0.0544. The zero-order valence-corrected chi connectivity index (χ0v) is 34.7. The number of aromatic nitrogens is 2. The lowest BCUT2D eigenvalue weighted by Crippen LogP contribution is -2.28. The Bertz CT molecular complexity index is 3050. The summed E-state index contributed by atoms with van der Waals surface area (Å²) >= 11 is 0. The lowest BCUT2D eigenvalue weighted by molar-refractivity contribution is 0.352. The molecule has 0 atom stereocenters. The Morgan fingerprint density at radius 3 is 1.56 bits per heavy atom. The molecule has 11 rings (SSSR count). The average molecular weight is 796 g/mol. The standard InChI is InChI=1S/C59H45N3/c60-39-40-20-33-52-54(36-40)59(34-8-3-9-35-59)53-19-11-18-51(57(52)53)45-27-21-43(22-28-45)49-16-10-17-50(37-49)44-25-31-47(32-26-44)56-38-55(61-58(62-56)48-14-6-2-7-15-48)46-29-23-42(24-30-46)41-12-4-1-5-13-41/h1-2,4-7,10,12-17,19-33,36-38H,3,8-9,11,18,34-35H2. The van der Waals surface area contributed by atoms with Crippen LogP contribution in [0.2, 0.25) is 0 Å². The van der Waals surface area contributed by atoms with Crippen molar-refractivity contribution >= 4 is 11.1 Å². The van der Waals surface area contributed by atoms with E-state index in [1.165, 1.54) is 93.3 Å². The fourth-order valence-electron chi connectivity index (χ4n) is 10.3. The van der Waals surface area contributed by atoms with Gasteiger partial charge in [0.25, 0.3) is 0 Å². The molecule has 0 N–H and O–H groups in total. The third-order valence-electron chi connectivity index (χ3n) is 13.5. The van der Waals surface area contributed by atoms with E-state index in [2.05, 4.69) is 164 Å². The molecule has 0 amide bonds. The fraction of sp³-hybridized carbons (Fsp3) is 0.136. The fourth-order valence-corrected chi connectivity index (χ4v) is 10.3. The second-order valence-electron chi connectivity index (χ2n) is 17.0. The molecule has 0 radical (unpaired) electrons. The quantitative estimate of drug-likeness (QED) is 0.161. The van der Waals surface area contributed by atoms with Gasteiger partial charge in [-0.15, -0.1) is 0 Å². The molecule has 1 spiro atoms. The summed E-state index contributed by atoms with van der Waals surface area (Å²) in [6.45, 7) is 0. The molecule has 0 aliphatic heterocycles. The summed E-state index contributed by atoms with van der Waals surface area (Å²) in [7, 11) is 0. The lowest BCUT2D eigenvalue weighted by atomic mass is 9.66. The normalized spacial score (nSPS) is 15.1. The highest BCUT2D eigenvalue weighted by Crippen LogP contribution is 2.60. The molecule has 1 aromatic heterocycles. The Kier molecular flexibility index (Phi) is 9.63. The first-order valence-electron chi connectivity index (χ1n) is 22.0. The van der Waals surface area contributed by atoms with E-state index >= 15 is 0 Å². The number of hydrogen-bond acceptors (Lipinski definition) is 3. The van der Waals surface area contributed by atoms with Gasteiger partial charge in [0.05, 0.1) is 23.0 Å². The minimum absolute atomic E-state index is 0.0544. The first-order valence-corrected chi connectivity index (χ1v) is 22.0. The molecule has 7 aromatic carbocycles. The summed E-state index contributed by atoms with van der Waals surface area (Å²) in [5.74, 6) is 0.709. The number of rotatable bonds is 7. The van der Waals surface area contributed by atoms with Crippen LogP contribution in [0.4, 0.5) is 0 Å². The van der Waals surface area contributed by atoms with E-state index in [4.69, 9.17) is 9.97 Å². The molecule has 1 saturated carbocycles. The van der Waals surface area contributed by atoms with Gasteiger partial charge in [0, 0.05) is 22.1 Å². The number of fused-ring (bicyclic) bond motifs is 5. The van der Waals surface area contributed by atoms with Crippen LogP contribution in [0.3, 0.4) is 0 Å². The SMILES string of the molecule is N#Cc1ccc2c(c1)C1(CCCCC1)C1=CCCC(c3ccc(-c4cccc(-c5ccc(-c6cc(-c7ccc(-c8ccccc8)cc7)nc(-c7ccccc7)n6)cc5)c4)cc3)=C12. The summed E-state index contributed by atoms with van der Waals surface area (Å²) in [4.78, 5) is 10.1. The van der Waals surface area contributed by atoms with Gasteiger partial charge in [0.1, 0.15) is 0 Å². The summed E-state index contributed by atoms with van der Waals surface area (Å²) in [5.41, 5.74) is 21.3. The van der Waals surface area contributed by atoms with Gasteiger partial charge in [-0.3, -0.25) is 0 Å². The highest BCUT2D eigenvalue weighted by Gasteiger charge is 2.47. The van der Waals surface area contributed by atoms with Crippen LogP contribution in [0, 0.1) is 11.3 Å². The maximum Gasteiger partial charge on any atom is 0.160 e. The van der Waals surface area contributed by atoms with Crippen molar-refractivity contribution in [2.45, 2.75) is 50.4 Å². The maximum atomic E-state index is 9.83. The van der Waals surface area contributed by atoms with Gasteiger partial charge in [0.15, 0.2) is 5.82 Å². The minimum Gasteiger partial charge on any atom is -0.228 e. The van der Waals surface area contributed by atoms with Crippen molar-refractivity contribution in [3.05, 3.63) is 216 Å². The van der Waals surface area contributed by atoms with Crippen molar-refractivity contribution in [1.29, 1.82) is 5.26 Å². The van der Waals surface area contributed by atoms with Gasteiger partial charge >= 0.3 is 0 Å². The first-order chi connectivity index (χ1) is 30.6. The van der Waals surface area contributed by atoms with E-state index in [9.17, 15) is 5.26 Å². The largest absolute Gasteiger partial charge is 0.228 e. The number of nitrogens with zero attached hydrogens (tertiary/aromatic N) is 3. The number of allylic oxidation sites excluding steroid dienone is 4. The van der Waals surface area contributed by atoms with Crippen molar-refractivity contribution in [2.24, 2.45) is 0 Å². The molecule has 0 bridgehead atoms. The van der Waals surface area contributed by atoms with E-state index in [0.29, 0.717) is 5.82 Å². The Morgan fingerprint density at radius 1 is 0.452 bits per heavy atom. The van der Waals surface area contributed by atoms with Gasteiger partial charge in [-0.2, -0.15) is 5.26 Å². The topological polar surface area (TPSA) is 49.6 Å². The molecule has 3 aliphatic rings. The molecule has 296 valence electrons. The van der Waals surface area contributed by atoms with Crippen LogP contribution < -0.4 is 0 Å². The number of benzene rings is 7. The highest BCUT2D eigenvalue weighted by atomic mass is 14.9. The van der Waals surface area contributed by atoms with Crippen molar-refractivity contribution in [1.82, 2.24) is 9.97 Å². The lowest BCUT2D eigenvalue weighted by Gasteiger charge is -2.37. The smallest absolute Gasteiger partial charge is 0.160 e. The third-order valence-corrected chi connectivity index (χ3v) is 13.5. The molecule has 0 saturated heterocycles. The highest BCUT2D eigenvalue weighted by molar-refractivity contribution is 6.05.